The van der Waals surface area contributed by atoms with Crippen molar-refractivity contribution in [2.75, 3.05) is 0 Å². The molecule has 0 spiro atoms. The largest absolute Gasteiger partial charge is 0.392 e. The molecule has 8 heteroatoms. The molecule has 3 N–H and O–H groups in total. The summed E-state index contributed by atoms with van der Waals surface area (Å²) in [5.74, 6) is 0. The third kappa shape index (κ3) is 4.30. The molecule has 20 heavy (non-hydrogen) atoms. The molecule has 0 fully saturated rings. The van der Waals surface area contributed by atoms with Crippen LogP contribution in [0.4, 0.5) is 0 Å². The normalized spacial score (nSPS) is 14.8. The first-order chi connectivity index (χ1) is 9.19. The summed E-state index contributed by atoms with van der Waals surface area (Å²) in [5.41, 5.74) is 6.10. The molecule has 1 aromatic rings. The van der Waals surface area contributed by atoms with Gasteiger partial charge in [-0.1, -0.05) is 48.4 Å². The zero-order valence-electron chi connectivity index (χ0n) is 11.1. The van der Waals surface area contributed by atoms with Gasteiger partial charge in [-0.05, 0) is 31.0 Å². The van der Waals surface area contributed by atoms with Crippen molar-refractivity contribution in [3.63, 3.8) is 0 Å². The van der Waals surface area contributed by atoms with Crippen LogP contribution in [0.3, 0.4) is 0 Å². The number of thiocarbonyl (C=S) groups is 1. The molecule has 0 aliphatic rings. The van der Waals surface area contributed by atoms with Crippen LogP contribution in [-0.4, -0.2) is 18.7 Å². The zero-order valence-corrected chi connectivity index (χ0v) is 14.2. The Bertz CT molecular complexity index is 605. The van der Waals surface area contributed by atoms with E-state index in [0.717, 1.165) is 0 Å². The molecule has 0 aliphatic carbocycles. The number of nitrogens with one attached hydrogen (secondary N) is 1. The van der Waals surface area contributed by atoms with E-state index in [-0.39, 0.29) is 4.99 Å². The first kappa shape index (κ1) is 17.7. The lowest BCUT2D eigenvalue weighted by Gasteiger charge is -2.20. The van der Waals surface area contributed by atoms with Crippen LogP contribution < -0.4 is 10.5 Å². The minimum atomic E-state index is -3.65. The summed E-state index contributed by atoms with van der Waals surface area (Å²) in [6.07, 6.45) is 0.311. The van der Waals surface area contributed by atoms with E-state index in [4.69, 9.17) is 41.2 Å². The Morgan fingerprint density at radius 1 is 1.45 bits per heavy atom. The van der Waals surface area contributed by atoms with Crippen molar-refractivity contribution in [1.82, 2.24) is 4.72 Å². The topological polar surface area (TPSA) is 72.2 Å². The fraction of sp³-hybridized carbons (Fsp3) is 0.417. The van der Waals surface area contributed by atoms with Gasteiger partial charge in [-0.3, -0.25) is 0 Å². The first-order valence-corrected chi connectivity index (χ1v) is 8.65. The van der Waals surface area contributed by atoms with Gasteiger partial charge in [-0.2, -0.15) is 0 Å². The van der Waals surface area contributed by atoms with Crippen molar-refractivity contribution in [3.8, 4) is 0 Å². The maximum Gasteiger partial charge on any atom is 0.221 e. The second kappa shape index (κ2) is 7.04. The van der Waals surface area contributed by atoms with Crippen molar-refractivity contribution < 1.29 is 8.42 Å². The van der Waals surface area contributed by atoms with Crippen LogP contribution >= 0.6 is 35.4 Å². The van der Waals surface area contributed by atoms with Crippen LogP contribution in [0.2, 0.25) is 10.0 Å². The summed E-state index contributed by atoms with van der Waals surface area (Å²) >= 11 is 16.7. The molecule has 0 heterocycles. The standard InChI is InChI=1S/C12H16Cl2N2O2S2/c1-3-11(12(15)19)20(17,18)16-7(2)9-5-4-8(13)6-10(9)14/h4-7,11,16H,3H2,1-2H3,(H2,15,19). The molecule has 2 atom stereocenters. The number of hydrogen-bond donors (Lipinski definition) is 2. The molecule has 0 aromatic heterocycles. The molecule has 1 rings (SSSR count). The van der Waals surface area contributed by atoms with Gasteiger partial charge in [0, 0.05) is 16.1 Å². The maximum atomic E-state index is 12.2. The monoisotopic (exact) mass is 354 g/mol. The van der Waals surface area contributed by atoms with Gasteiger partial charge in [0.1, 0.15) is 5.25 Å². The number of nitrogens with two attached hydrogens (primary N) is 1. The molecular formula is C12H16Cl2N2O2S2. The van der Waals surface area contributed by atoms with Crippen LogP contribution in [0.15, 0.2) is 18.2 Å². The highest BCUT2D eigenvalue weighted by Crippen LogP contribution is 2.27. The van der Waals surface area contributed by atoms with Crippen molar-refractivity contribution in [2.45, 2.75) is 31.6 Å². The summed E-state index contributed by atoms with van der Waals surface area (Å²) in [6, 6.07) is 4.39. The van der Waals surface area contributed by atoms with Gasteiger partial charge in [0.15, 0.2) is 0 Å². The number of benzene rings is 1. The average Bonchev–Trinajstić information content (AvgIpc) is 2.27. The highest BCUT2D eigenvalue weighted by atomic mass is 35.5. The Morgan fingerprint density at radius 2 is 2.05 bits per heavy atom. The Morgan fingerprint density at radius 3 is 2.50 bits per heavy atom. The Hall–Kier alpha value is -0.400. The minimum absolute atomic E-state index is 0.0468. The third-order valence-electron chi connectivity index (χ3n) is 2.83. The van der Waals surface area contributed by atoms with Crippen molar-refractivity contribution in [2.24, 2.45) is 5.73 Å². The lowest BCUT2D eigenvalue weighted by atomic mass is 10.1. The summed E-state index contributed by atoms with van der Waals surface area (Å²) in [4.78, 5) is -0.0468. The van der Waals surface area contributed by atoms with Crippen molar-refractivity contribution in [3.05, 3.63) is 33.8 Å². The number of hydrogen-bond acceptors (Lipinski definition) is 3. The van der Waals surface area contributed by atoms with Gasteiger partial charge in [0.05, 0.1) is 4.99 Å². The van der Waals surface area contributed by atoms with E-state index in [0.29, 0.717) is 22.0 Å². The lowest BCUT2D eigenvalue weighted by Crippen LogP contribution is -2.42. The molecule has 2 unspecified atom stereocenters. The van der Waals surface area contributed by atoms with E-state index in [1.54, 1.807) is 32.0 Å². The van der Waals surface area contributed by atoms with Crippen LogP contribution in [0.25, 0.3) is 0 Å². The van der Waals surface area contributed by atoms with Crippen LogP contribution in [0, 0.1) is 0 Å². The molecule has 0 amide bonds. The summed E-state index contributed by atoms with van der Waals surface area (Å²) in [5, 5.41) is -0.00882. The predicted octanol–water partition coefficient (Wildman–Crippen LogP) is 3.04. The third-order valence-corrected chi connectivity index (χ3v) is 5.85. The smallest absolute Gasteiger partial charge is 0.221 e. The highest BCUT2D eigenvalue weighted by Gasteiger charge is 2.28. The SMILES string of the molecule is CCC(C(N)=S)S(=O)(=O)NC(C)c1ccc(Cl)cc1Cl. The summed E-state index contributed by atoms with van der Waals surface area (Å²) < 4.78 is 27.0. The van der Waals surface area contributed by atoms with Crippen molar-refractivity contribution >= 4 is 50.4 Å². The minimum Gasteiger partial charge on any atom is -0.392 e. The molecule has 0 bridgehead atoms. The highest BCUT2D eigenvalue weighted by molar-refractivity contribution is 7.93. The molecule has 4 nitrogen and oxygen atoms in total. The van der Waals surface area contributed by atoms with Crippen LogP contribution in [0.5, 0.6) is 0 Å². The van der Waals surface area contributed by atoms with Gasteiger partial charge in [0.2, 0.25) is 10.0 Å². The second-order valence-electron chi connectivity index (χ2n) is 4.35. The van der Waals surface area contributed by atoms with Crippen LogP contribution in [0.1, 0.15) is 31.9 Å². The molecule has 0 saturated heterocycles. The van der Waals surface area contributed by atoms with Crippen LogP contribution in [-0.2, 0) is 10.0 Å². The van der Waals surface area contributed by atoms with E-state index in [1.165, 1.54) is 0 Å². The Balaban J connectivity index is 3.00. The maximum absolute atomic E-state index is 12.2. The van der Waals surface area contributed by atoms with Gasteiger partial charge < -0.3 is 5.73 Å². The Labute approximate surface area is 134 Å². The number of halogens is 2. The second-order valence-corrected chi connectivity index (χ2v) is 7.56. The predicted molar refractivity (Wildman–Crippen MR) is 87.8 cm³/mol. The van der Waals surface area contributed by atoms with Gasteiger partial charge in [-0.15, -0.1) is 0 Å². The van der Waals surface area contributed by atoms with E-state index >= 15 is 0 Å². The van der Waals surface area contributed by atoms with Gasteiger partial charge in [0.25, 0.3) is 0 Å². The molecule has 0 saturated carbocycles. The molecule has 112 valence electrons. The fourth-order valence-corrected chi connectivity index (χ4v) is 4.47. The Kier molecular flexibility index (Phi) is 6.22. The molecule has 0 aliphatic heterocycles. The summed E-state index contributed by atoms with van der Waals surface area (Å²) in [7, 11) is -3.65. The number of sulfonamides is 1. The van der Waals surface area contributed by atoms with E-state index in [1.807, 2.05) is 0 Å². The van der Waals surface area contributed by atoms with E-state index in [9.17, 15) is 8.42 Å². The number of rotatable bonds is 6. The first-order valence-electron chi connectivity index (χ1n) is 5.94. The fourth-order valence-electron chi connectivity index (χ4n) is 1.82. The van der Waals surface area contributed by atoms with Crippen molar-refractivity contribution in [1.29, 1.82) is 0 Å². The van der Waals surface area contributed by atoms with E-state index in [2.05, 4.69) is 4.72 Å². The van der Waals surface area contributed by atoms with Gasteiger partial charge in [-0.25, -0.2) is 13.1 Å². The lowest BCUT2D eigenvalue weighted by molar-refractivity contribution is 0.560. The molecular weight excluding hydrogens is 339 g/mol. The quantitative estimate of drug-likeness (QED) is 0.770. The summed E-state index contributed by atoms with van der Waals surface area (Å²) in [6.45, 7) is 3.40. The average molecular weight is 355 g/mol. The molecule has 0 radical (unpaired) electrons. The van der Waals surface area contributed by atoms with Gasteiger partial charge >= 0.3 is 0 Å². The van der Waals surface area contributed by atoms with E-state index < -0.39 is 21.3 Å². The zero-order chi connectivity index (χ0) is 15.5. The molecule has 1 aromatic carbocycles.